The van der Waals surface area contributed by atoms with E-state index in [1.165, 1.54) is 0 Å². The van der Waals surface area contributed by atoms with E-state index in [0.717, 1.165) is 29.5 Å². The van der Waals surface area contributed by atoms with Gasteiger partial charge in [-0.1, -0.05) is 24.3 Å². The van der Waals surface area contributed by atoms with Crippen molar-refractivity contribution in [3.8, 4) is 5.75 Å². The van der Waals surface area contributed by atoms with Gasteiger partial charge < -0.3 is 19.4 Å². The molecule has 0 saturated heterocycles. The van der Waals surface area contributed by atoms with Crippen LogP contribution in [0.15, 0.2) is 64.7 Å². The van der Waals surface area contributed by atoms with Crippen LogP contribution in [0.25, 0.3) is 0 Å². The number of hydrogen-bond acceptors (Lipinski definition) is 3. The summed E-state index contributed by atoms with van der Waals surface area (Å²) in [5, 5.41) is 3.29. The van der Waals surface area contributed by atoms with Gasteiger partial charge in [-0.15, -0.1) is 30.6 Å². The fourth-order valence-electron chi connectivity index (χ4n) is 2.37. The summed E-state index contributed by atoms with van der Waals surface area (Å²) >= 11 is 0. The van der Waals surface area contributed by atoms with E-state index >= 15 is 0 Å². The molecular weight excluding hydrogens is 429 g/mol. The van der Waals surface area contributed by atoms with Crippen LogP contribution >= 0.6 is 24.0 Å². The van der Waals surface area contributed by atoms with Crippen LogP contribution in [0.2, 0.25) is 0 Å². The minimum atomic E-state index is 0. The van der Waals surface area contributed by atoms with E-state index in [2.05, 4.69) is 27.9 Å². The average Bonchev–Trinajstić information content (AvgIpc) is 3.11. The molecule has 1 aromatic carbocycles. The Morgan fingerprint density at radius 2 is 2.12 bits per heavy atom. The fourth-order valence-corrected chi connectivity index (χ4v) is 2.37. The Morgan fingerprint density at radius 1 is 1.32 bits per heavy atom. The van der Waals surface area contributed by atoms with E-state index < -0.39 is 0 Å². The van der Waals surface area contributed by atoms with Crippen LogP contribution < -0.4 is 10.1 Å². The lowest BCUT2D eigenvalue weighted by Crippen LogP contribution is -2.38. The molecule has 0 amide bonds. The second kappa shape index (κ2) is 11.6. The molecule has 0 saturated carbocycles. The van der Waals surface area contributed by atoms with Gasteiger partial charge in [0.1, 0.15) is 11.5 Å². The van der Waals surface area contributed by atoms with Crippen molar-refractivity contribution in [2.24, 2.45) is 4.99 Å². The quantitative estimate of drug-likeness (QED) is 0.286. The standard InChI is InChI=1S/C19H25N3O2.HI/c1-4-12-20-19(21-13-11-17-9-7-14-24-17)22(2)15-16-8-5-6-10-18(16)23-3;/h4-10,14H,1,11-13,15H2,2-3H3,(H,20,21);1H. The zero-order chi connectivity index (χ0) is 17.2. The molecule has 0 atom stereocenters. The highest BCUT2D eigenvalue weighted by Gasteiger charge is 2.10. The number of benzene rings is 1. The van der Waals surface area contributed by atoms with Gasteiger partial charge in [0.25, 0.3) is 0 Å². The maximum atomic E-state index is 5.42. The van der Waals surface area contributed by atoms with Gasteiger partial charge in [0.2, 0.25) is 0 Å². The largest absolute Gasteiger partial charge is 0.496 e. The molecule has 2 aromatic rings. The number of rotatable bonds is 8. The number of furan rings is 1. The number of hydrogen-bond donors (Lipinski definition) is 1. The summed E-state index contributed by atoms with van der Waals surface area (Å²) in [6.07, 6.45) is 4.28. The summed E-state index contributed by atoms with van der Waals surface area (Å²) in [4.78, 5) is 6.74. The first-order valence-corrected chi connectivity index (χ1v) is 7.99. The molecule has 2 rings (SSSR count). The number of methoxy groups -OCH3 is 1. The molecule has 0 unspecified atom stereocenters. The highest BCUT2D eigenvalue weighted by molar-refractivity contribution is 14.0. The highest BCUT2D eigenvalue weighted by atomic mass is 127. The zero-order valence-electron chi connectivity index (χ0n) is 14.8. The summed E-state index contributed by atoms with van der Waals surface area (Å²) in [5.41, 5.74) is 1.11. The van der Waals surface area contributed by atoms with Gasteiger partial charge in [-0.05, 0) is 18.2 Å². The zero-order valence-corrected chi connectivity index (χ0v) is 17.1. The molecule has 1 N–H and O–H groups in total. The Morgan fingerprint density at radius 3 is 2.80 bits per heavy atom. The van der Waals surface area contributed by atoms with Crippen molar-refractivity contribution in [2.45, 2.75) is 13.0 Å². The summed E-state index contributed by atoms with van der Waals surface area (Å²) in [5.74, 6) is 2.64. The first-order valence-electron chi connectivity index (χ1n) is 7.99. The predicted molar refractivity (Wildman–Crippen MR) is 113 cm³/mol. The van der Waals surface area contributed by atoms with Crippen LogP contribution in [-0.4, -0.2) is 38.1 Å². The van der Waals surface area contributed by atoms with Crippen molar-refractivity contribution in [2.75, 3.05) is 27.2 Å². The van der Waals surface area contributed by atoms with Crippen LogP contribution in [0.3, 0.4) is 0 Å². The number of aliphatic imine (C=N–C) groups is 1. The van der Waals surface area contributed by atoms with Gasteiger partial charge in [0.05, 0.1) is 13.4 Å². The van der Waals surface area contributed by atoms with Crippen molar-refractivity contribution < 1.29 is 9.15 Å². The Kier molecular flexibility index (Phi) is 9.76. The maximum absolute atomic E-state index is 5.42. The normalized spacial score (nSPS) is 10.7. The minimum Gasteiger partial charge on any atom is -0.496 e. The Labute approximate surface area is 166 Å². The second-order valence-corrected chi connectivity index (χ2v) is 5.37. The molecule has 5 nitrogen and oxygen atoms in total. The molecule has 1 aromatic heterocycles. The van der Waals surface area contributed by atoms with Crippen LogP contribution in [0, 0.1) is 0 Å². The van der Waals surface area contributed by atoms with Crippen LogP contribution in [0.5, 0.6) is 5.75 Å². The Hall–Kier alpha value is -1.96. The van der Waals surface area contributed by atoms with Crippen molar-refractivity contribution in [1.29, 1.82) is 0 Å². The van der Waals surface area contributed by atoms with Crippen molar-refractivity contribution in [3.05, 3.63) is 66.6 Å². The SMILES string of the molecule is C=CCNC(=NCCc1ccco1)N(C)Cc1ccccc1OC.I. The van der Waals surface area contributed by atoms with Gasteiger partial charge in [0, 0.05) is 38.7 Å². The third-order valence-electron chi connectivity index (χ3n) is 3.57. The van der Waals surface area contributed by atoms with E-state index in [9.17, 15) is 0 Å². The average molecular weight is 455 g/mol. The first kappa shape index (κ1) is 21.1. The molecule has 25 heavy (non-hydrogen) atoms. The first-order chi connectivity index (χ1) is 11.7. The molecular formula is C19H26IN3O2. The lowest BCUT2D eigenvalue weighted by atomic mass is 10.2. The van der Waals surface area contributed by atoms with Gasteiger partial charge >= 0.3 is 0 Å². The van der Waals surface area contributed by atoms with E-state index in [1.54, 1.807) is 13.4 Å². The number of nitrogens with zero attached hydrogens (tertiary/aromatic N) is 2. The molecule has 0 fully saturated rings. The minimum absolute atomic E-state index is 0. The number of ether oxygens (including phenoxy) is 1. The van der Waals surface area contributed by atoms with Crippen LogP contribution in [-0.2, 0) is 13.0 Å². The summed E-state index contributed by atoms with van der Waals surface area (Å²) in [6.45, 7) is 5.77. The van der Waals surface area contributed by atoms with Crippen LogP contribution in [0.4, 0.5) is 0 Å². The third-order valence-corrected chi connectivity index (χ3v) is 3.57. The Balaban J connectivity index is 0.00000312. The van der Waals surface area contributed by atoms with Crippen LogP contribution in [0.1, 0.15) is 11.3 Å². The monoisotopic (exact) mass is 455 g/mol. The molecule has 6 heteroatoms. The molecule has 0 aliphatic heterocycles. The lowest BCUT2D eigenvalue weighted by molar-refractivity contribution is 0.396. The molecule has 0 spiro atoms. The van der Waals surface area contributed by atoms with Crippen molar-refractivity contribution >= 4 is 29.9 Å². The third kappa shape index (κ3) is 6.81. The summed E-state index contributed by atoms with van der Waals surface area (Å²) in [7, 11) is 3.70. The van der Waals surface area contributed by atoms with E-state index in [0.29, 0.717) is 19.6 Å². The van der Waals surface area contributed by atoms with Gasteiger partial charge in [-0.2, -0.15) is 0 Å². The number of nitrogens with one attached hydrogen (secondary N) is 1. The maximum Gasteiger partial charge on any atom is 0.194 e. The molecule has 0 aliphatic rings. The number of halogens is 1. The summed E-state index contributed by atoms with van der Waals surface area (Å²) < 4.78 is 10.8. The topological polar surface area (TPSA) is 50.0 Å². The molecule has 136 valence electrons. The van der Waals surface area contributed by atoms with Gasteiger partial charge in [-0.25, -0.2) is 0 Å². The Bertz CT molecular complexity index is 656. The van der Waals surface area contributed by atoms with Gasteiger partial charge in [-0.3, -0.25) is 4.99 Å². The molecule has 0 bridgehead atoms. The van der Waals surface area contributed by atoms with Gasteiger partial charge in [0.15, 0.2) is 5.96 Å². The van der Waals surface area contributed by atoms with E-state index in [1.807, 2.05) is 43.5 Å². The number of para-hydroxylation sites is 1. The second-order valence-electron chi connectivity index (χ2n) is 5.37. The van der Waals surface area contributed by atoms with E-state index in [4.69, 9.17) is 9.15 Å². The van der Waals surface area contributed by atoms with Crippen molar-refractivity contribution in [1.82, 2.24) is 10.2 Å². The van der Waals surface area contributed by atoms with Crippen molar-refractivity contribution in [3.63, 3.8) is 0 Å². The molecule has 1 heterocycles. The molecule has 0 aliphatic carbocycles. The predicted octanol–water partition coefficient (Wildman–Crippen LogP) is 3.71. The molecule has 0 radical (unpaired) electrons. The fraction of sp³-hybridized carbons (Fsp3) is 0.316. The smallest absolute Gasteiger partial charge is 0.194 e. The summed E-state index contributed by atoms with van der Waals surface area (Å²) in [6, 6.07) is 11.9. The highest BCUT2D eigenvalue weighted by Crippen LogP contribution is 2.18. The van der Waals surface area contributed by atoms with E-state index in [-0.39, 0.29) is 24.0 Å². The lowest BCUT2D eigenvalue weighted by Gasteiger charge is -2.23. The number of guanidine groups is 1.